The molecule has 0 aliphatic rings. The molecule has 2 aromatic carbocycles. The Hall–Kier alpha value is -2.72. The lowest BCUT2D eigenvalue weighted by Crippen LogP contribution is -2.14. The van der Waals surface area contributed by atoms with Crippen LogP contribution in [0, 0.1) is 0 Å². The maximum Gasteiger partial charge on any atom is 0.342 e. The fourth-order valence-electron chi connectivity index (χ4n) is 2.75. The van der Waals surface area contributed by atoms with Crippen molar-refractivity contribution < 1.29 is 17.4 Å². The van der Waals surface area contributed by atoms with Gasteiger partial charge in [-0.3, -0.25) is 9.78 Å². The number of carbonyl (C=O) groups is 1. The average Bonchev–Trinajstić information content (AvgIpc) is 3.09. The van der Waals surface area contributed by atoms with Crippen molar-refractivity contribution in [2.24, 2.45) is 0 Å². The van der Waals surface area contributed by atoms with Gasteiger partial charge in [0.2, 0.25) is 5.91 Å². The molecule has 0 spiro atoms. The molecule has 1 N–H and O–H groups in total. The Morgan fingerprint density at radius 2 is 1.87 bits per heavy atom. The number of halogens is 2. The third kappa shape index (κ3) is 4.96. The van der Waals surface area contributed by atoms with E-state index in [1.807, 2.05) is 0 Å². The Labute approximate surface area is 191 Å². The second kappa shape index (κ2) is 8.80. The molecule has 0 fully saturated rings. The lowest BCUT2D eigenvalue weighted by molar-refractivity contribution is -0.115. The number of carbonyl (C=O) groups excluding carboxylic acids is 1. The van der Waals surface area contributed by atoms with Crippen molar-refractivity contribution in [3.63, 3.8) is 0 Å². The fourth-order valence-corrected chi connectivity index (χ4v) is 5.68. The van der Waals surface area contributed by atoms with Gasteiger partial charge in [0.25, 0.3) is 0 Å². The van der Waals surface area contributed by atoms with Crippen molar-refractivity contribution >= 4 is 65.9 Å². The molecule has 0 atom stereocenters. The average molecular weight is 494 g/mol. The molecule has 2 aromatic heterocycles. The molecule has 11 heteroatoms. The molecular formula is C20H13Cl2N3O4S2. The van der Waals surface area contributed by atoms with E-state index in [-0.39, 0.29) is 33.0 Å². The highest BCUT2D eigenvalue weighted by molar-refractivity contribution is 7.87. The maximum atomic E-state index is 12.6. The summed E-state index contributed by atoms with van der Waals surface area (Å²) in [6.45, 7) is 0. The third-order valence-electron chi connectivity index (χ3n) is 4.07. The van der Waals surface area contributed by atoms with Crippen molar-refractivity contribution in [3.05, 3.63) is 76.5 Å². The molecule has 0 radical (unpaired) electrons. The number of amides is 1. The van der Waals surface area contributed by atoms with Gasteiger partial charge in [0.1, 0.15) is 10.6 Å². The van der Waals surface area contributed by atoms with E-state index in [0.717, 1.165) is 5.56 Å². The third-order valence-corrected chi connectivity index (χ3v) is 7.21. The highest BCUT2D eigenvalue weighted by atomic mass is 35.5. The summed E-state index contributed by atoms with van der Waals surface area (Å²) in [5.41, 5.74) is 1.36. The van der Waals surface area contributed by atoms with Crippen molar-refractivity contribution in [3.8, 4) is 5.75 Å². The van der Waals surface area contributed by atoms with Gasteiger partial charge in [0.15, 0.2) is 5.13 Å². The van der Waals surface area contributed by atoms with Gasteiger partial charge >= 0.3 is 10.1 Å². The lowest BCUT2D eigenvalue weighted by atomic mass is 10.2. The zero-order chi connectivity index (χ0) is 22.0. The van der Waals surface area contributed by atoms with Gasteiger partial charge < -0.3 is 9.50 Å². The van der Waals surface area contributed by atoms with E-state index in [9.17, 15) is 13.2 Å². The van der Waals surface area contributed by atoms with Gasteiger partial charge in [-0.15, -0.1) is 0 Å². The molecule has 31 heavy (non-hydrogen) atoms. The van der Waals surface area contributed by atoms with Gasteiger partial charge in [-0.05, 0) is 35.9 Å². The second-order valence-electron chi connectivity index (χ2n) is 6.32. The number of hydrogen-bond acceptors (Lipinski definition) is 7. The zero-order valence-electron chi connectivity index (χ0n) is 15.6. The Kier molecular flexibility index (Phi) is 6.10. The largest absolute Gasteiger partial charge is 0.379 e. The summed E-state index contributed by atoms with van der Waals surface area (Å²) >= 11 is 13.2. The molecule has 4 aromatic rings. The first-order valence-electron chi connectivity index (χ1n) is 8.80. The van der Waals surface area contributed by atoms with E-state index < -0.39 is 10.1 Å². The van der Waals surface area contributed by atoms with E-state index in [2.05, 4.69) is 15.3 Å². The minimum Gasteiger partial charge on any atom is -0.379 e. The Morgan fingerprint density at radius 3 is 2.58 bits per heavy atom. The van der Waals surface area contributed by atoms with Gasteiger partial charge in [-0.2, -0.15) is 8.42 Å². The first-order valence-corrected chi connectivity index (χ1v) is 11.8. The van der Waals surface area contributed by atoms with E-state index in [1.165, 1.54) is 41.7 Å². The van der Waals surface area contributed by atoms with Crippen LogP contribution < -0.4 is 9.50 Å². The summed E-state index contributed by atoms with van der Waals surface area (Å²) in [5.74, 6) is -0.167. The standard InChI is InChI=1S/C20H13Cl2N3O4S2/c21-14-4-1-5-15(22)19(14)31(27,28)29-13-6-7-16-17(10-13)30-20(24-16)25-18(26)9-12-3-2-8-23-11-12/h1-8,10-11H,9H2,(H,24,25,26). The SMILES string of the molecule is O=C(Cc1cccnc1)Nc1nc2ccc(OS(=O)(=O)c3c(Cl)cccc3Cl)cc2s1. The summed E-state index contributed by atoms with van der Waals surface area (Å²) < 4.78 is 31.1. The van der Waals surface area contributed by atoms with E-state index in [1.54, 1.807) is 30.6 Å². The maximum absolute atomic E-state index is 12.6. The molecular weight excluding hydrogens is 481 g/mol. The molecule has 0 saturated carbocycles. The van der Waals surface area contributed by atoms with Crippen LogP contribution in [0.3, 0.4) is 0 Å². The van der Waals surface area contributed by atoms with Gasteiger partial charge in [0.05, 0.1) is 26.7 Å². The smallest absolute Gasteiger partial charge is 0.342 e. The number of benzene rings is 2. The molecule has 158 valence electrons. The summed E-state index contributed by atoms with van der Waals surface area (Å²) in [6.07, 6.45) is 3.41. The molecule has 4 rings (SSSR count). The predicted octanol–water partition coefficient (Wildman–Crippen LogP) is 4.95. The molecule has 0 unspecified atom stereocenters. The number of rotatable bonds is 6. The van der Waals surface area contributed by atoms with Crippen LogP contribution in [-0.2, 0) is 21.3 Å². The van der Waals surface area contributed by atoms with Crippen molar-refractivity contribution in [1.82, 2.24) is 9.97 Å². The van der Waals surface area contributed by atoms with Gasteiger partial charge in [-0.1, -0.05) is 46.7 Å². The molecule has 0 bridgehead atoms. The predicted molar refractivity (Wildman–Crippen MR) is 120 cm³/mol. The molecule has 0 saturated heterocycles. The highest BCUT2D eigenvalue weighted by Gasteiger charge is 2.24. The number of hydrogen-bond donors (Lipinski definition) is 1. The molecule has 0 aliphatic heterocycles. The van der Waals surface area contributed by atoms with Gasteiger partial charge in [-0.25, -0.2) is 4.98 Å². The Bertz CT molecular complexity index is 1360. The lowest BCUT2D eigenvalue weighted by Gasteiger charge is -2.09. The number of aromatic nitrogens is 2. The quantitative estimate of drug-likeness (QED) is 0.381. The van der Waals surface area contributed by atoms with Crippen molar-refractivity contribution in [1.29, 1.82) is 0 Å². The zero-order valence-corrected chi connectivity index (χ0v) is 18.7. The van der Waals surface area contributed by atoms with Crippen LogP contribution in [0.5, 0.6) is 5.75 Å². The summed E-state index contributed by atoms with van der Waals surface area (Å²) in [5, 5.41) is 3.05. The van der Waals surface area contributed by atoms with Crippen LogP contribution in [-0.4, -0.2) is 24.3 Å². The highest BCUT2D eigenvalue weighted by Crippen LogP contribution is 2.34. The Morgan fingerprint density at radius 1 is 1.10 bits per heavy atom. The first kappa shape index (κ1) is 21.5. The van der Waals surface area contributed by atoms with Crippen LogP contribution in [0.25, 0.3) is 10.2 Å². The van der Waals surface area contributed by atoms with E-state index in [0.29, 0.717) is 15.3 Å². The monoisotopic (exact) mass is 493 g/mol. The fraction of sp³-hybridized carbons (Fsp3) is 0.0500. The van der Waals surface area contributed by atoms with Crippen molar-refractivity contribution in [2.75, 3.05) is 5.32 Å². The van der Waals surface area contributed by atoms with E-state index >= 15 is 0 Å². The summed E-state index contributed by atoms with van der Waals surface area (Å²) in [6, 6.07) is 12.5. The number of anilines is 1. The number of nitrogens with one attached hydrogen (secondary N) is 1. The van der Waals surface area contributed by atoms with E-state index in [4.69, 9.17) is 27.4 Å². The second-order valence-corrected chi connectivity index (χ2v) is 9.65. The summed E-state index contributed by atoms with van der Waals surface area (Å²) in [4.78, 5) is 20.3. The number of pyridine rings is 1. The molecule has 7 nitrogen and oxygen atoms in total. The Balaban J connectivity index is 1.53. The first-order chi connectivity index (χ1) is 14.8. The number of thiazole rings is 1. The van der Waals surface area contributed by atoms with Crippen LogP contribution >= 0.6 is 34.5 Å². The minimum absolute atomic E-state index is 0.0371. The van der Waals surface area contributed by atoms with Crippen LogP contribution in [0.15, 0.2) is 65.8 Å². The van der Waals surface area contributed by atoms with Crippen LogP contribution in [0.1, 0.15) is 5.56 Å². The van der Waals surface area contributed by atoms with Crippen LogP contribution in [0.4, 0.5) is 5.13 Å². The number of nitrogens with zero attached hydrogens (tertiary/aromatic N) is 2. The van der Waals surface area contributed by atoms with Crippen LogP contribution in [0.2, 0.25) is 10.0 Å². The molecule has 2 heterocycles. The molecule has 1 amide bonds. The van der Waals surface area contributed by atoms with Crippen molar-refractivity contribution in [2.45, 2.75) is 11.3 Å². The minimum atomic E-state index is -4.25. The van der Waals surface area contributed by atoms with Gasteiger partial charge in [0, 0.05) is 18.5 Å². The molecule has 0 aliphatic carbocycles. The summed E-state index contributed by atoms with van der Waals surface area (Å²) in [7, 11) is -4.25. The number of fused-ring (bicyclic) bond motifs is 1. The normalized spacial score (nSPS) is 11.4. The topological polar surface area (TPSA) is 98.2 Å².